The number of nitrogens with zero attached hydrogens (tertiary/aromatic N) is 2. The van der Waals surface area contributed by atoms with Gasteiger partial charge in [-0.2, -0.15) is 0 Å². The van der Waals surface area contributed by atoms with Crippen LogP contribution in [0.3, 0.4) is 0 Å². The van der Waals surface area contributed by atoms with Crippen molar-refractivity contribution in [1.29, 1.82) is 0 Å². The highest BCUT2D eigenvalue weighted by Gasteiger charge is 2.24. The zero-order chi connectivity index (χ0) is 19.2. The average molecular weight is 374 g/mol. The molecule has 1 fully saturated rings. The Morgan fingerprint density at radius 2 is 2.15 bits per heavy atom. The number of fused-ring (bicyclic) bond motifs is 1. The third-order valence-corrected chi connectivity index (χ3v) is 5.23. The second-order valence-corrected chi connectivity index (χ2v) is 7.52. The maximum atomic E-state index is 12.6. The third kappa shape index (κ3) is 5.35. The summed E-state index contributed by atoms with van der Waals surface area (Å²) in [5.41, 5.74) is 1.31. The first-order valence-electron chi connectivity index (χ1n) is 9.86. The molecule has 0 unspecified atom stereocenters. The number of ether oxygens (including phenoxy) is 1. The largest absolute Gasteiger partial charge is 0.482 e. The van der Waals surface area contributed by atoms with Gasteiger partial charge in [0.2, 0.25) is 0 Å². The molecule has 27 heavy (non-hydrogen) atoms. The van der Waals surface area contributed by atoms with Gasteiger partial charge in [0.15, 0.2) is 6.61 Å². The van der Waals surface area contributed by atoms with E-state index >= 15 is 0 Å². The number of benzene rings is 1. The summed E-state index contributed by atoms with van der Waals surface area (Å²) in [6.07, 6.45) is 4.56. The smallest absolute Gasteiger partial charge is 0.321 e. The number of hydrogen-bond donors (Lipinski definition) is 2. The molecule has 2 aliphatic rings. The summed E-state index contributed by atoms with van der Waals surface area (Å²) in [5.74, 6) is 1.08. The van der Waals surface area contributed by atoms with Gasteiger partial charge >= 0.3 is 6.03 Å². The van der Waals surface area contributed by atoms with E-state index in [1.807, 2.05) is 4.90 Å². The Hall–Kier alpha value is -2.28. The van der Waals surface area contributed by atoms with Gasteiger partial charge in [-0.05, 0) is 50.9 Å². The standard InChI is InChI=1S/C20H30N4O3/c1-3-4-9-23(2)13-15-7-10-24(11-8-15)20(26)21-16-5-6-17-18(12-16)27-14-19(25)22-17/h5-6,12,15H,3-4,7-11,13-14H2,1-2H3,(H,21,26)(H,22,25). The molecule has 2 aliphatic heterocycles. The van der Waals surface area contributed by atoms with E-state index in [1.54, 1.807) is 18.2 Å². The lowest BCUT2D eigenvalue weighted by molar-refractivity contribution is -0.118. The van der Waals surface area contributed by atoms with Crippen molar-refractivity contribution in [1.82, 2.24) is 9.80 Å². The number of amides is 3. The number of likely N-dealkylation sites (tertiary alicyclic amines) is 1. The minimum Gasteiger partial charge on any atom is -0.482 e. The molecule has 2 heterocycles. The molecule has 1 aromatic rings. The number of nitrogens with one attached hydrogen (secondary N) is 2. The fourth-order valence-corrected chi connectivity index (χ4v) is 3.63. The van der Waals surface area contributed by atoms with Crippen LogP contribution in [-0.4, -0.2) is 61.6 Å². The summed E-state index contributed by atoms with van der Waals surface area (Å²) in [5, 5.41) is 5.69. The second kappa shape index (κ2) is 9.08. The molecule has 3 rings (SSSR count). The molecule has 2 N–H and O–H groups in total. The minimum atomic E-state index is -0.164. The second-order valence-electron chi connectivity index (χ2n) is 7.52. The van der Waals surface area contributed by atoms with Gasteiger partial charge in [0.1, 0.15) is 5.75 Å². The van der Waals surface area contributed by atoms with Crippen LogP contribution < -0.4 is 15.4 Å². The van der Waals surface area contributed by atoms with E-state index in [9.17, 15) is 9.59 Å². The van der Waals surface area contributed by atoms with Crippen molar-refractivity contribution < 1.29 is 14.3 Å². The van der Waals surface area contributed by atoms with Crippen LogP contribution in [0, 0.1) is 5.92 Å². The summed E-state index contributed by atoms with van der Waals surface area (Å²) in [6.45, 7) is 6.06. The third-order valence-electron chi connectivity index (χ3n) is 5.23. The van der Waals surface area contributed by atoms with E-state index in [0.717, 1.165) is 39.0 Å². The zero-order valence-corrected chi connectivity index (χ0v) is 16.3. The molecule has 0 atom stereocenters. The van der Waals surface area contributed by atoms with Crippen molar-refractivity contribution in [3.05, 3.63) is 18.2 Å². The Balaban J connectivity index is 1.46. The van der Waals surface area contributed by atoms with E-state index in [4.69, 9.17) is 4.74 Å². The minimum absolute atomic E-state index is 0.00458. The van der Waals surface area contributed by atoms with Gasteiger partial charge in [-0.15, -0.1) is 0 Å². The van der Waals surface area contributed by atoms with Crippen LogP contribution >= 0.6 is 0 Å². The number of urea groups is 1. The molecule has 7 nitrogen and oxygen atoms in total. The van der Waals surface area contributed by atoms with Gasteiger partial charge in [-0.1, -0.05) is 13.3 Å². The molecule has 1 aromatic carbocycles. The molecule has 148 valence electrons. The Morgan fingerprint density at radius 1 is 1.37 bits per heavy atom. The molecule has 1 saturated heterocycles. The summed E-state index contributed by atoms with van der Waals surface area (Å²) < 4.78 is 5.40. The maximum absolute atomic E-state index is 12.6. The number of anilines is 2. The molecule has 0 aromatic heterocycles. The lowest BCUT2D eigenvalue weighted by atomic mass is 9.96. The highest BCUT2D eigenvalue weighted by atomic mass is 16.5. The van der Waals surface area contributed by atoms with Crippen LogP contribution in [-0.2, 0) is 4.79 Å². The van der Waals surface area contributed by atoms with Gasteiger partial charge in [-0.3, -0.25) is 4.79 Å². The Morgan fingerprint density at radius 3 is 2.89 bits per heavy atom. The molecule has 0 spiro atoms. The zero-order valence-electron chi connectivity index (χ0n) is 16.3. The molecule has 0 radical (unpaired) electrons. The van der Waals surface area contributed by atoms with Crippen molar-refractivity contribution >= 4 is 23.3 Å². The van der Waals surface area contributed by atoms with Crippen molar-refractivity contribution in [2.45, 2.75) is 32.6 Å². The van der Waals surface area contributed by atoms with Gasteiger partial charge in [0.25, 0.3) is 5.91 Å². The van der Waals surface area contributed by atoms with Crippen LogP contribution in [0.5, 0.6) is 5.75 Å². The molecular weight excluding hydrogens is 344 g/mol. The summed E-state index contributed by atoms with van der Waals surface area (Å²) in [4.78, 5) is 28.2. The van der Waals surface area contributed by atoms with Gasteiger partial charge in [-0.25, -0.2) is 4.79 Å². The molecule has 7 heteroatoms. The van der Waals surface area contributed by atoms with Crippen molar-refractivity contribution in [2.24, 2.45) is 5.92 Å². The number of piperidine rings is 1. The van der Waals surface area contributed by atoms with Crippen LogP contribution in [0.25, 0.3) is 0 Å². The summed E-state index contributed by atoms with van der Waals surface area (Å²) >= 11 is 0. The molecule has 0 saturated carbocycles. The maximum Gasteiger partial charge on any atom is 0.321 e. The fraction of sp³-hybridized carbons (Fsp3) is 0.600. The van der Waals surface area contributed by atoms with Crippen LogP contribution in [0.2, 0.25) is 0 Å². The van der Waals surface area contributed by atoms with E-state index < -0.39 is 0 Å². The Labute approximate surface area is 161 Å². The van der Waals surface area contributed by atoms with Crippen LogP contribution in [0.4, 0.5) is 16.2 Å². The van der Waals surface area contributed by atoms with Crippen LogP contribution in [0.1, 0.15) is 32.6 Å². The Bertz CT molecular complexity index is 671. The van der Waals surface area contributed by atoms with Gasteiger partial charge in [0.05, 0.1) is 5.69 Å². The summed E-state index contributed by atoms with van der Waals surface area (Å²) in [6, 6.07) is 5.21. The topological polar surface area (TPSA) is 73.9 Å². The van der Waals surface area contributed by atoms with Gasteiger partial charge < -0.3 is 25.2 Å². The van der Waals surface area contributed by atoms with E-state index in [1.165, 1.54) is 12.8 Å². The highest BCUT2D eigenvalue weighted by molar-refractivity contribution is 5.96. The van der Waals surface area contributed by atoms with Crippen molar-refractivity contribution in [3.8, 4) is 5.75 Å². The summed E-state index contributed by atoms with van der Waals surface area (Å²) in [7, 11) is 2.19. The fourth-order valence-electron chi connectivity index (χ4n) is 3.63. The first kappa shape index (κ1) is 19.5. The van der Waals surface area contributed by atoms with Crippen molar-refractivity contribution in [3.63, 3.8) is 0 Å². The van der Waals surface area contributed by atoms with Gasteiger partial charge in [0, 0.05) is 31.4 Å². The lowest BCUT2D eigenvalue weighted by Gasteiger charge is -2.34. The van der Waals surface area contributed by atoms with E-state index in [-0.39, 0.29) is 18.5 Å². The predicted molar refractivity (Wildman–Crippen MR) is 106 cm³/mol. The first-order valence-corrected chi connectivity index (χ1v) is 9.86. The van der Waals surface area contributed by atoms with E-state index in [0.29, 0.717) is 23.0 Å². The molecule has 3 amide bonds. The van der Waals surface area contributed by atoms with E-state index in [2.05, 4.69) is 29.5 Å². The predicted octanol–water partition coefficient (Wildman–Crippen LogP) is 2.99. The normalized spacial score (nSPS) is 17.3. The number of carbonyl (C=O) groups excluding carboxylic acids is 2. The average Bonchev–Trinajstić information content (AvgIpc) is 2.67. The molecular formula is C20H30N4O3. The Kier molecular flexibility index (Phi) is 6.55. The number of hydrogen-bond acceptors (Lipinski definition) is 4. The van der Waals surface area contributed by atoms with Crippen LogP contribution in [0.15, 0.2) is 18.2 Å². The highest BCUT2D eigenvalue weighted by Crippen LogP contribution is 2.30. The molecule has 0 aliphatic carbocycles. The quantitative estimate of drug-likeness (QED) is 0.803. The monoisotopic (exact) mass is 374 g/mol. The number of rotatable bonds is 6. The number of unbranched alkanes of at least 4 members (excludes halogenated alkanes) is 1. The first-order chi connectivity index (χ1) is 13.0. The van der Waals surface area contributed by atoms with Crippen molar-refractivity contribution in [2.75, 3.05) is 50.5 Å². The lowest BCUT2D eigenvalue weighted by Crippen LogP contribution is -2.43. The number of carbonyl (C=O) groups is 2. The SMILES string of the molecule is CCCCN(C)CC1CCN(C(=O)Nc2ccc3c(c2)OCC(=O)N3)CC1. The molecule has 0 bridgehead atoms.